The van der Waals surface area contributed by atoms with E-state index in [1.165, 1.54) is 16.9 Å². The number of rotatable bonds is 10. The Morgan fingerprint density at radius 3 is 2.37 bits per heavy atom. The van der Waals surface area contributed by atoms with Gasteiger partial charge in [0.1, 0.15) is 18.4 Å². The molecule has 1 aliphatic carbocycles. The number of fused-ring (bicyclic) bond motifs is 3. The van der Waals surface area contributed by atoms with Gasteiger partial charge in [0.15, 0.2) is 12.2 Å². The maximum atomic E-state index is 13.7. The first-order valence-electron chi connectivity index (χ1n) is 15.4. The number of thiophene rings is 1. The summed E-state index contributed by atoms with van der Waals surface area (Å²) in [6.45, 7) is 2.95. The third-order valence-electron chi connectivity index (χ3n) is 10.1. The van der Waals surface area contributed by atoms with E-state index in [0.717, 1.165) is 73.2 Å². The van der Waals surface area contributed by atoms with Gasteiger partial charge in [0.2, 0.25) is 0 Å². The minimum atomic E-state index is -1.53. The van der Waals surface area contributed by atoms with Gasteiger partial charge in [-0.15, -0.1) is 11.3 Å². The van der Waals surface area contributed by atoms with Crippen LogP contribution in [-0.2, 0) is 31.2 Å². The average Bonchev–Trinajstić information content (AvgIpc) is 3.74. The minimum Gasteiger partial charge on any atom is -1.00 e. The highest BCUT2D eigenvalue weighted by Crippen LogP contribution is 2.46. The molecular weight excluding hydrogens is 630 g/mol. The summed E-state index contributed by atoms with van der Waals surface area (Å²) in [5, 5.41) is 15.9. The van der Waals surface area contributed by atoms with Crippen LogP contribution in [0.15, 0.2) is 53.9 Å². The smallest absolute Gasteiger partial charge is 0.344 e. The molecule has 2 saturated heterocycles. The van der Waals surface area contributed by atoms with Crippen LogP contribution >= 0.6 is 11.3 Å². The molecule has 2 aliphatic heterocycles. The summed E-state index contributed by atoms with van der Waals surface area (Å²) in [5.74, 6) is -0.239. The quantitative estimate of drug-likeness (QED) is 0.264. The molecule has 7 nitrogen and oxygen atoms in total. The molecule has 1 aromatic heterocycles. The van der Waals surface area contributed by atoms with Crippen molar-refractivity contribution >= 4 is 34.0 Å². The monoisotopic (exact) mass is 671 g/mol. The van der Waals surface area contributed by atoms with Crippen molar-refractivity contribution in [1.82, 2.24) is 0 Å². The standard InChI is InChI=1S/C34H42NO6S.BrH/c1-3-39-32(36)22-40-29-15-12-24-17-23(10-11-25(24)18-29)21-35(2)27-13-14-28(35)20-30(19-27)41-33(37)34(38,26-7-4-5-8-26)31-9-6-16-42-31;/h6,9-12,15-18,26-28,30,38H,3-5,7-8,13-14,19-22H2,1-2H3;1H/q+1;/p-1/t27-,28+,30+,34?,35-;. The van der Waals surface area contributed by atoms with E-state index in [-0.39, 0.29) is 41.6 Å². The fraction of sp³-hybridized carbons (Fsp3) is 0.529. The Kier molecular flexibility index (Phi) is 9.86. The molecule has 9 heteroatoms. The average molecular weight is 673 g/mol. The van der Waals surface area contributed by atoms with Crippen molar-refractivity contribution in [3.63, 3.8) is 0 Å². The number of hydrogen-bond acceptors (Lipinski definition) is 7. The van der Waals surface area contributed by atoms with Gasteiger partial charge in [-0.3, -0.25) is 0 Å². The Morgan fingerprint density at radius 1 is 1.00 bits per heavy atom. The summed E-state index contributed by atoms with van der Waals surface area (Å²) in [7, 11) is 2.36. The number of carbonyl (C=O) groups is 2. The van der Waals surface area contributed by atoms with Gasteiger partial charge in [-0.1, -0.05) is 37.1 Å². The van der Waals surface area contributed by atoms with Crippen LogP contribution < -0.4 is 21.7 Å². The van der Waals surface area contributed by atoms with Crippen LogP contribution in [0.5, 0.6) is 5.75 Å². The molecule has 3 aromatic rings. The number of quaternary nitrogens is 1. The molecule has 3 aliphatic rings. The van der Waals surface area contributed by atoms with Crippen molar-refractivity contribution in [3.05, 3.63) is 64.4 Å². The van der Waals surface area contributed by atoms with E-state index in [4.69, 9.17) is 14.2 Å². The fourth-order valence-electron chi connectivity index (χ4n) is 7.80. The van der Waals surface area contributed by atoms with E-state index in [0.29, 0.717) is 29.3 Å². The first-order valence-corrected chi connectivity index (χ1v) is 16.3. The molecule has 3 heterocycles. The second-order valence-electron chi connectivity index (χ2n) is 12.6. The summed E-state index contributed by atoms with van der Waals surface area (Å²) in [5.41, 5.74) is -0.250. The lowest BCUT2D eigenvalue weighted by molar-refractivity contribution is -0.961. The highest BCUT2D eigenvalue weighted by atomic mass is 79.9. The van der Waals surface area contributed by atoms with Gasteiger partial charge < -0.3 is 40.8 Å². The summed E-state index contributed by atoms with van der Waals surface area (Å²) >= 11 is 1.45. The predicted octanol–water partition coefficient (Wildman–Crippen LogP) is 3.11. The van der Waals surface area contributed by atoms with E-state index in [1.54, 1.807) is 6.92 Å². The minimum absolute atomic E-state index is 0. The SMILES string of the molecule is CCOC(=O)COc1ccc2cc(C[N@+]3(C)[C@@H]4CC[C@H]3C[C@@H](OC(=O)C(O)(c3cccs3)C3CCCC3)C4)ccc2c1.[Br-]. The molecule has 0 amide bonds. The predicted molar refractivity (Wildman–Crippen MR) is 162 cm³/mol. The van der Waals surface area contributed by atoms with Gasteiger partial charge in [0, 0.05) is 42.0 Å². The van der Waals surface area contributed by atoms with Gasteiger partial charge >= 0.3 is 11.9 Å². The Bertz CT molecular complexity index is 1410. The number of halogens is 1. The van der Waals surface area contributed by atoms with Gasteiger partial charge in [-0.05, 0) is 60.2 Å². The zero-order valence-electron chi connectivity index (χ0n) is 25.0. The fourth-order valence-corrected chi connectivity index (χ4v) is 8.69. The van der Waals surface area contributed by atoms with Crippen molar-refractivity contribution in [2.75, 3.05) is 20.3 Å². The third kappa shape index (κ3) is 6.37. The second-order valence-corrected chi connectivity index (χ2v) is 13.5. The van der Waals surface area contributed by atoms with Crippen LogP contribution in [0.4, 0.5) is 0 Å². The van der Waals surface area contributed by atoms with Crippen LogP contribution in [0.3, 0.4) is 0 Å². The number of piperidine rings is 1. The highest BCUT2D eigenvalue weighted by Gasteiger charge is 2.54. The number of ether oxygens (including phenoxy) is 3. The molecule has 1 N–H and O–H groups in total. The van der Waals surface area contributed by atoms with E-state index < -0.39 is 11.6 Å². The molecule has 0 radical (unpaired) electrons. The highest BCUT2D eigenvalue weighted by molar-refractivity contribution is 7.10. The Balaban J connectivity index is 0.00000368. The summed E-state index contributed by atoms with van der Waals surface area (Å²) in [6, 6.07) is 17.1. The molecule has 6 rings (SSSR count). The molecule has 1 unspecified atom stereocenters. The first kappa shape index (κ1) is 31.9. The number of nitrogens with zero attached hydrogens (tertiary/aromatic N) is 1. The van der Waals surface area contributed by atoms with Crippen molar-refractivity contribution < 1.29 is 50.4 Å². The van der Waals surface area contributed by atoms with Gasteiger partial charge in [0.05, 0.1) is 25.7 Å². The Morgan fingerprint density at radius 2 is 1.70 bits per heavy atom. The van der Waals surface area contributed by atoms with Crippen molar-refractivity contribution in [2.45, 2.75) is 88.6 Å². The topological polar surface area (TPSA) is 82.1 Å². The van der Waals surface area contributed by atoms with Crippen molar-refractivity contribution in [2.24, 2.45) is 5.92 Å². The van der Waals surface area contributed by atoms with E-state index >= 15 is 0 Å². The number of benzene rings is 2. The Hall–Kier alpha value is -2.46. The summed E-state index contributed by atoms with van der Waals surface area (Å²) < 4.78 is 17.7. The van der Waals surface area contributed by atoms with E-state index in [9.17, 15) is 14.7 Å². The van der Waals surface area contributed by atoms with E-state index in [1.807, 2.05) is 35.7 Å². The van der Waals surface area contributed by atoms with Crippen LogP contribution in [0.2, 0.25) is 0 Å². The lowest BCUT2D eigenvalue weighted by Gasteiger charge is -2.47. The summed E-state index contributed by atoms with van der Waals surface area (Å²) in [6.07, 6.45) is 7.59. The van der Waals surface area contributed by atoms with Crippen LogP contribution in [0.25, 0.3) is 10.8 Å². The summed E-state index contributed by atoms with van der Waals surface area (Å²) in [4.78, 5) is 26.0. The lowest BCUT2D eigenvalue weighted by atomic mass is 9.84. The van der Waals surface area contributed by atoms with Crippen LogP contribution in [0, 0.1) is 5.92 Å². The molecule has 43 heavy (non-hydrogen) atoms. The third-order valence-corrected chi connectivity index (χ3v) is 11.1. The zero-order chi connectivity index (χ0) is 29.3. The maximum Gasteiger partial charge on any atom is 0.344 e. The number of aliphatic hydroxyl groups is 1. The molecule has 5 atom stereocenters. The number of hydrogen-bond donors (Lipinski definition) is 1. The molecule has 2 aromatic carbocycles. The number of carbonyl (C=O) groups excluding carboxylic acids is 2. The van der Waals surface area contributed by atoms with Crippen molar-refractivity contribution in [1.29, 1.82) is 0 Å². The molecule has 2 bridgehead atoms. The first-order chi connectivity index (χ1) is 20.3. The normalized spacial score (nSPS) is 26.4. The lowest BCUT2D eigenvalue weighted by Crippen LogP contribution is -3.00. The molecule has 232 valence electrons. The van der Waals surface area contributed by atoms with Crippen molar-refractivity contribution in [3.8, 4) is 5.75 Å². The molecular formula is C34H42BrNO6S. The largest absolute Gasteiger partial charge is 1.00 e. The molecule has 3 fully saturated rings. The van der Waals surface area contributed by atoms with Gasteiger partial charge in [0.25, 0.3) is 0 Å². The van der Waals surface area contributed by atoms with Crippen LogP contribution in [0.1, 0.15) is 68.7 Å². The zero-order valence-corrected chi connectivity index (χ0v) is 27.4. The van der Waals surface area contributed by atoms with Crippen LogP contribution in [-0.4, -0.2) is 60.0 Å². The van der Waals surface area contributed by atoms with Gasteiger partial charge in [-0.2, -0.15) is 0 Å². The second kappa shape index (κ2) is 13.3. The number of esters is 2. The van der Waals surface area contributed by atoms with Gasteiger partial charge in [-0.25, -0.2) is 9.59 Å². The molecule has 0 spiro atoms. The maximum absolute atomic E-state index is 13.7. The Labute approximate surface area is 268 Å². The van der Waals surface area contributed by atoms with E-state index in [2.05, 4.69) is 25.2 Å². The molecule has 1 saturated carbocycles.